The fourth-order valence-corrected chi connectivity index (χ4v) is 2.08. The number of hydrogen-bond donors (Lipinski definition) is 1. The molecule has 2 nitrogen and oxygen atoms in total. The van der Waals surface area contributed by atoms with Gasteiger partial charge in [-0.15, -0.1) is 0 Å². The van der Waals surface area contributed by atoms with Gasteiger partial charge in [0.05, 0.1) is 12.1 Å². The third kappa shape index (κ3) is 1.48. The van der Waals surface area contributed by atoms with E-state index in [4.69, 9.17) is 12.2 Å². The summed E-state index contributed by atoms with van der Waals surface area (Å²) < 4.78 is 0. The summed E-state index contributed by atoms with van der Waals surface area (Å²) in [7, 11) is 2.03. The highest BCUT2D eigenvalue weighted by Crippen LogP contribution is 2.25. The second-order valence-corrected chi connectivity index (χ2v) is 4.08. The topological polar surface area (TPSA) is 15.3 Å². The van der Waals surface area contributed by atoms with Crippen LogP contribution in [0.2, 0.25) is 0 Å². The molecule has 1 aliphatic heterocycles. The standard InChI is InChI=1S/C11H14N2S/c1-8-10(12-11(14)13(8)2)9-6-4-3-5-7-9/h3-8,10H,1-2H3,(H,12,14)/t8-,10-/m1/s1. The van der Waals surface area contributed by atoms with Crippen molar-refractivity contribution in [3.63, 3.8) is 0 Å². The van der Waals surface area contributed by atoms with Crippen LogP contribution in [-0.4, -0.2) is 23.1 Å². The number of rotatable bonds is 1. The van der Waals surface area contributed by atoms with Crippen LogP contribution in [0.4, 0.5) is 0 Å². The van der Waals surface area contributed by atoms with E-state index in [2.05, 4.69) is 41.4 Å². The Bertz CT molecular complexity index is 336. The van der Waals surface area contributed by atoms with Crippen LogP contribution in [0.15, 0.2) is 30.3 Å². The minimum atomic E-state index is 0.327. The molecule has 0 saturated carbocycles. The van der Waals surface area contributed by atoms with Crippen molar-refractivity contribution < 1.29 is 0 Å². The quantitative estimate of drug-likeness (QED) is 0.707. The van der Waals surface area contributed by atoms with Gasteiger partial charge in [0.2, 0.25) is 0 Å². The van der Waals surface area contributed by atoms with E-state index in [1.807, 2.05) is 13.1 Å². The van der Waals surface area contributed by atoms with Crippen molar-refractivity contribution in [2.45, 2.75) is 19.0 Å². The lowest BCUT2D eigenvalue weighted by atomic mass is 10.0. The Kier molecular flexibility index (Phi) is 2.42. The molecular weight excluding hydrogens is 192 g/mol. The van der Waals surface area contributed by atoms with Gasteiger partial charge in [-0.05, 0) is 24.7 Å². The van der Waals surface area contributed by atoms with Crippen LogP contribution in [-0.2, 0) is 0 Å². The van der Waals surface area contributed by atoms with Gasteiger partial charge in [0.15, 0.2) is 5.11 Å². The summed E-state index contributed by atoms with van der Waals surface area (Å²) in [5.41, 5.74) is 1.30. The molecule has 0 bridgehead atoms. The summed E-state index contributed by atoms with van der Waals surface area (Å²) in [5, 5.41) is 4.17. The highest BCUT2D eigenvalue weighted by atomic mass is 32.1. The molecule has 0 amide bonds. The highest BCUT2D eigenvalue weighted by Gasteiger charge is 2.31. The largest absolute Gasteiger partial charge is 0.354 e. The molecule has 1 N–H and O–H groups in total. The zero-order valence-corrected chi connectivity index (χ0v) is 9.21. The van der Waals surface area contributed by atoms with E-state index in [1.54, 1.807) is 0 Å². The van der Waals surface area contributed by atoms with Gasteiger partial charge in [0.25, 0.3) is 0 Å². The highest BCUT2D eigenvalue weighted by molar-refractivity contribution is 7.80. The van der Waals surface area contributed by atoms with Gasteiger partial charge in [-0.25, -0.2) is 0 Å². The number of hydrogen-bond acceptors (Lipinski definition) is 1. The molecule has 1 heterocycles. The maximum Gasteiger partial charge on any atom is 0.169 e. The van der Waals surface area contributed by atoms with E-state index in [0.717, 1.165) is 5.11 Å². The first kappa shape index (κ1) is 9.46. The summed E-state index contributed by atoms with van der Waals surface area (Å²) in [6, 6.07) is 11.2. The van der Waals surface area contributed by atoms with Gasteiger partial charge in [-0.3, -0.25) is 0 Å². The zero-order chi connectivity index (χ0) is 10.1. The smallest absolute Gasteiger partial charge is 0.169 e. The molecule has 1 aromatic rings. The van der Waals surface area contributed by atoms with Crippen LogP contribution in [0.1, 0.15) is 18.5 Å². The Labute approximate surface area is 89.9 Å². The first-order chi connectivity index (χ1) is 6.70. The van der Waals surface area contributed by atoms with E-state index in [1.165, 1.54) is 5.56 Å². The second kappa shape index (κ2) is 3.58. The Morgan fingerprint density at radius 2 is 1.93 bits per heavy atom. The van der Waals surface area contributed by atoms with Crippen LogP contribution < -0.4 is 5.32 Å². The van der Waals surface area contributed by atoms with Gasteiger partial charge >= 0.3 is 0 Å². The van der Waals surface area contributed by atoms with Crippen molar-refractivity contribution in [2.24, 2.45) is 0 Å². The first-order valence-corrected chi connectivity index (χ1v) is 5.19. The van der Waals surface area contributed by atoms with E-state index in [0.29, 0.717) is 12.1 Å². The van der Waals surface area contributed by atoms with Crippen molar-refractivity contribution in [1.29, 1.82) is 0 Å². The average molecular weight is 206 g/mol. The van der Waals surface area contributed by atoms with Crippen LogP contribution in [0.25, 0.3) is 0 Å². The van der Waals surface area contributed by atoms with Crippen LogP contribution in [0.3, 0.4) is 0 Å². The van der Waals surface area contributed by atoms with Gasteiger partial charge in [0, 0.05) is 7.05 Å². The summed E-state index contributed by atoms with van der Waals surface area (Å²) in [4.78, 5) is 2.10. The van der Waals surface area contributed by atoms with Gasteiger partial charge in [-0.2, -0.15) is 0 Å². The Morgan fingerprint density at radius 3 is 2.43 bits per heavy atom. The number of likely N-dealkylation sites (N-methyl/N-ethyl adjacent to an activating group) is 1. The Balaban J connectivity index is 2.26. The summed E-state index contributed by atoms with van der Waals surface area (Å²) in [6.07, 6.45) is 0. The molecule has 2 rings (SSSR count). The molecule has 74 valence electrons. The molecule has 0 aromatic heterocycles. The molecule has 1 aromatic carbocycles. The second-order valence-electron chi connectivity index (χ2n) is 3.69. The van der Waals surface area contributed by atoms with Crippen LogP contribution >= 0.6 is 12.2 Å². The molecule has 0 aliphatic carbocycles. The van der Waals surface area contributed by atoms with Gasteiger partial charge < -0.3 is 10.2 Å². The average Bonchev–Trinajstić information content (AvgIpc) is 2.47. The summed E-state index contributed by atoms with van der Waals surface area (Å²) in [6.45, 7) is 2.18. The van der Waals surface area contributed by atoms with E-state index >= 15 is 0 Å². The van der Waals surface area contributed by atoms with Crippen molar-refractivity contribution in [3.8, 4) is 0 Å². The van der Waals surface area contributed by atoms with Gasteiger partial charge in [-0.1, -0.05) is 30.3 Å². The third-order valence-electron chi connectivity index (χ3n) is 2.85. The monoisotopic (exact) mass is 206 g/mol. The van der Waals surface area contributed by atoms with Crippen LogP contribution in [0.5, 0.6) is 0 Å². The molecular formula is C11H14N2S. The third-order valence-corrected chi connectivity index (χ3v) is 3.26. The first-order valence-electron chi connectivity index (χ1n) is 4.78. The molecule has 0 unspecified atom stereocenters. The maximum atomic E-state index is 5.21. The molecule has 1 fully saturated rings. The fourth-order valence-electron chi connectivity index (χ4n) is 1.79. The maximum absolute atomic E-state index is 5.21. The Morgan fingerprint density at radius 1 is 1.29 bits per heavy atom. The lowest BCUT2D eigenvalue weighted by molar-refractivity contribution is 0.389. The summed E-state index contributed by atoms with van der Waals surface area (Å²) >= 11 is 5.21. The lowest BCUT2D eigenvalue weighted by Crippen LogP contribution is -2.27. The SMILES string of the molecule is C[C@@H]1[C@H](c2ccccc2)NC(=S)N1C. The predicted octanol–water partition coefficient (Wildman–Crippen LogP) is 1.94. The van der Waals surface area contributed by atoms with Gasteiger partial charge in [0.1, 0.15) is 0 Å². The van der Waals surface area contributed by atoms with E-state index < -0.39 is 0 Å². The molecule has 2 atom stereocenters. The zero-order valence-electron chi connectivity index (χ0n) is 8.40. The van der Waals surface area contributed by atoms with Crippen LogP contribution in [0, 0.1) is 0 Å². The number of thiocarbonyl (C=S) groups is 1. The number of nitrogens with zero attached hydrogens (tertiary/aromatic N) is 1. The van der Waals surface area contributed by atoms with E-state index in [-0.39, 0.29) is 0 Å². The van der Waals surface area contributed by atoms with E-state index in [9.17, 15) is 0 Å². The van der Waals surface area contributed by atoms with Crippen molar-refractivity contribution >= 4 is 17.3 Å². The molecule has 1 saturated heterocycles. The molecule has 14 heavy (non-hydrogen) atoms. The molecule has 0 radical (unpaired) electrons. The molecule has 3 heteroatoms. The Hall–Kier alpha value is -1.09. The normalized spacial score (nSPS) is 26.4. The number of benzene rings is 1. The van der Waals surface area contributed by atoms with Crippen molar-refractivity contribution in [3.05, 3.63) is 35.9 Å². The van der Waals surface area contributed by atoms with Crippen molar-refractivity contribution in [2.75, 3.05) is 7.05 Å². The summed E-state index contributed by atoms with van der Waals surface area (Å²) in [5.74, 6) is 0. The lowest BCUT2D eigenvalue weighted by Gasteiger charge is -2.19. The number of nitrogens with one attached hydrogen (secondary N) is 1. The predicted molar refractivity (Wildman–Crippen MR) is 62.1 cm³/mol. The molecule has 1 aliphatic rings. The minimum Gasteiger partial charge on any atom is -0.354 e. The fraction of sp³-hybridized carbons (Fsp3) is 0.364. The molecule has 0 spiro atoms. The van der Waals surface area contributed by atoms with Crippen molar-refractivity contribution in [1.82, 2.24) is 10.2 Å². The minimum absolute atomic E-state index is 0.327.